The maximum absolute atomic E-state index is 13.3. The molecule has 0 radical (unpaired) electrons. The van der Waals surface area contributed by atoms with Crippen molar-refractivity contribution in [3.63, 3.8) is 0 Å². The second-order valence-corrected chi connectivity index (χ2v) is 8.69. The zero-order valence-electron chi connectivity index (χ0n) is 18.3. The first-order chi connectivity index (χ1) is 14.8. The molecule has 4 rings (SSSR count). The number of morpholine rings is 1. The van der Waals surface area contributed by atoms with Gasteiger partial charge in [-0.25, -0.2) is 0 Å². The van der Waals surface area contributed by atoms with Gasteiger partial charge in [0.2, 0.25) is 5.91 Å². The van der Waals surface area contributed by atoms with Gasteiger partial charge >= 0.3 is 0 Å². The van der Waals surface area contributed by atoms with E-state index < -0.39 is 5.60 Å². The molecule has 3 heterocycles. The minimum atomic E-state index is -0.396. The summed E-state index contributed by atoms with van der Waals surface area (Å²) in [6.45, 7) is 5.40. The summed E-state index contributed by atoms with van der Waals surface area (Å²) in [5.74, 6) is -0.246. The van der Waals surface area contributed by atoms with Crippen LogP contribution in [0.25, 0.3) is 0 Å². The number of nitrogens with zero attached hydrogens (tertiary/aromatic N) is 3. The number of amides is 2. The number of likely N-dealkylation sites (tertiary alicyclic amines) is 1. The summed E-state index contributed by atoms with van der Waals surface area (Å²) in [4.78, 5) is 41.8. The van der Waals surface area contributed by atoms with Crippen LogP contribution >= 0.6 is 0 Å². The lowest BCUT2D eigenvalue weighted by atomic mass is 9.89. The van der Waals surface area contributed by atoms with E-state index in [1.807, 2.05) is 50.2 Å². The number of piperidine rings is 1. The average Bonchev–Trinajstić information content (AvgIpc) is 2.77. The van der Waals surface area contributed by atoms with Gasteiger partial charge in [0.05, 0.1) is 11.6 Å². The lowest BCUT2D eigenvalue weighted by Crippen LogP contribution is -2.58. The fraction of sp³-hybridized carbons (Fsp3) is 0.458. The Kier molecular flexibility index (Phi) is 5.71. The maximum Gasteiger partial charge on any atom is 0.264 e. The predicted octanol–water partition coefficient (Wildman–Crippen LogP) is 2.23. The summed E-state index contributed by atoms with van der Waals surface area (Å²) < 4.78 is 7.51. The van der Waals surface area contributed by atoms with Crippen molar-refractivity contribution in [2.24, 2.45) is 0 Å². The first-order valence-electron chi connectivity index (χ1n) is 10.8. The van der Waals surface area contributed by atoms with Crippen LogP contribution in [0.3, 0.4) is 0 Å². The predicted molar refractivity (Wildman–Crippen MR) is 117 cm³/mol. The van der Waals surface area contributed by atoms with E-state index >= 15 is 0 Å². The monoisotopic (exact) mass is 423 g/mol. The highest BCUT2D eigenvalue weighted by atomic mass is 16.5. The molecule has 7 nitrogen and oxygen atoms in total. The van der Waals surface area contributed by atoms with E-state index in [0.717, 1.165) is 5.56 Å². The van der Waals surface area contributed by atoms with Gasteiger partial charge in [-0.3, -0.25) is 14.4 Å². The van der Waals surface area contributed by atoms with Crippen LogP contribution in [0.2, 0.25) is 0 Å². The van der Waals surface area contributed by atoms with Crippen LogP contribution in [0, 0.1) is 6.92 Å². The molecule has 31 heavy (non-hydrogen) atoms. The number of carbonyl (C=O) groups is 2. The van der Waals surface area contributed by atoms with Crippen molar-refractivity contribution in [1.29, 1.82) is 0 Å². The highest BCUT2D eigenvalue weighted by Gasteiger charge is 2.42. The number of ether oxygens (including phenoxy) is 1. The Balaban J connectivity index is 1.54. The van der Waals surface area contributed by atoms with Crippen LogP contribution in [-0.2, 0) is 9.53 Å². The number of hydrogen-bond donors (Lipinski definition) is 0. The van der Waals surface area contributed by atoms with E-state index in [1.165, 1.54) is 0 Å². The van der Waals surface area contributed by atoms with Crippen molar-refractivity contribution in [2.75, 3.05) is 33.3 Å². The smallest absolute Gasteiger partial charge is 0.264 e. The molecule has 164 valence electrons. The Morgan fingerprint density at radius 3 is 2.42 bits per heavy atom. The number of carbonyl (C=O) groups excluding carboxylic acids is 2. The molecule has 2 aliphatic rings. The number of rotatable bonds is 3. The molecule has 1 aromatic carbocycles. The molecule has 0 saturated carbocycles. The Bertz CT molecular complexity index is 1040. The van der Waals surface area contributed by atoms with Crippen molar-refractivity contribution < 1.29 is 14.3 Å². The zero-order chi connectivity index (χ0) is 22.2. The molecule has 1 aromatic heterocycles. The fourth-order valence-electron chi connectivity index (χ4n) is 4.57. The van der Waals surface area contributed by atoms with E-state index in [2.05, 4.69) is 0 Å². The van der Waals surface area contributed by atoms with Gasteiger partial charge in [0.1, 0.15) is 12.2 Å². The van der Waals surface area contributed by atoms with Crippen molar-refractivity contribution >= 4 is 11.8 Å². The second kappa shape index (κ2) is 8.30. The Morgan fingerprint density at radius 2 is 1.77 bits per heavy atom. The average molecular weight is 424 g/mol. The van der Waals surface area contributed by atoms with E-state index in [9.17, 15) is 14.4 Å². The maximum atomic E-state index is 13.3. The van der Waals surface area contributed by atoms with Gasteiger partial charge in [-0.1, -0.05) is 30.3 Å². The minimum absolute atomic E-state index is 0.0165. The van der Waals surface area contributed by atoms with E-state index in [0.29, 0.717) is 38.0 Å². The van der Waals surface area contributed by atoms with Crippen LogP contribution in [0.15, 0.2) is 47.4 Å². The van der Waals surface area contributed by atoms with Crippen LogP contribution in [0.1, 0.15) is 47.3 Å². The first kappa shape index (κ1) is 21.3. The van der Waals surface area contributed by atoms with Gasteiger partial charge < -0.3 is 19.1 Å². The molecule has 1 atom stereocenters. The molecule has 2 saturated heterocycles. The number of pyridine rings is 1. The molecule has 1 unspecified atom stereocenters. The normalized spacial score (nSPS) is 19.5. The molecule has 0 N–H and O–H groups in total. The van der Waals surface area contributed by atoms with Crippen LogP contribution < -0.4 is 5.56 Å². The van der Waals surface area contributed by atoms with Gasteiger partial charge in [-0.2, -0.15) is 0 Å². The first-order valence-corrected chi connectivity index (χ1v) is 10.8. The Labute approximate surface area is 182 Å². The zero-order valence-corrected chi connectivity index (χ0v) is 18.3. The fourth-order valence-corrected chi connectivity index (χ4v) is 4.57. The summed E-state index contributed by atoms with van der Waals surface area (Å²) in [5.41, 5.74) is 1.28. The SMILES string of the molecule is Cc1ccn(C(C)c2ccccc2)c(=O)c1C(=O)N1CCC2(CC1)CN(C)C(=O)CO2. The summed E-state index contributed by atoms with van der Waals surface area (Å²) in [6.07, 6.45) is 3.06. The molecule has 2 amide bonds. The Hall–Kier alpha value is -2.93. The van der Waals surface area contributed by atoms with E-state index in [-0.39, 0.29) is 35.6 Å². The van der Waals surface area contributed by atoms with Gasteiger partial charge in [0.15, 0.2) is 0 Å². The minimum Gasteiger partial charge on any atom is -0.363 e. The molecular weight excluding hydrogens is 394 g/mol. The largest absolute Gasteiger partial charge is 0.363 e. The standard InChI is InChI=1S/C24H29N3O4/c1-17-9-12-27(18(2)19-7-5-4-6-8-19)23(30)21(17)22(29)26-13-10-24(11-14-26)16-25(3)20(28)15-31-24/h4-9,12,18H,10-11,13-16H2,1-3H3. The van der Waals surface area contributed by atoms with Gasteiger partial charge in [-0.05, 0) is 43.9 Å². The highest BCUT2D eigenvalue weighted by molar-refractivity contribution is 5.95. The molecule has 0 bridgehead atoms. The molecule has 0 aliphatic carbocycles. The molecule has 2 aromatic rings. The lowest BCUT2D eigenvalue weighted by molar-refractivity contribution is -0.167. The van der Waals surface area contributed by atoms with Crippen LogP contribution in [-0.4, -0.2) is 65.1 Å². The number of likely N-dealkylation sites (N-methyl/N-ethyl adjacent to an activating group) is 1. The van der Waals surface area contributed by atoms with Crippen molar-refractivity contribution in [3.8, 4) is 0 Å². The van der Waals surface area contributed by atoms with Crippen LogP contribution in [0.5, 0.6) is 0 Å². The lowest BCUT2D eigenvalue weighted by Gasteiger charge is -2.46. The van der Waals surface area contributed by atoms with E-state index in [1.54, 1.807) is 27.6 Å². The van der Waals surface area contributed by atoms with Crippen molar-refractivity contribution in [3.05, 3.63) is 69.6 Å². The molecule has 7 heteroatoms. The number of aromatic nitrogens is 1. The third kappa shape index (κ3) is 4.02. The van der Waals surface area contributed by atoms with Gasteiger partial charge in [0.25, 0.3) is 11.5 Å². The van der Waals surface area contributed by atoms with Crippen LogP contribution in [0.4, 0.5) is 0 Å². The number of aryl methyl sites for hydroxylation is 1. The van der Waals surface area contributed by atoms with E-state index in [4.69, 9.17) is 4.74 Å². The second-order valence-electron chi connectivity index (χ2n) is 8.69. The van der Waals surface area contributed by atoms with Crippen molar-refractivity contribution in [2.45, 2.75) is 38.3 Å². The molecule has 2 aliphatic heterocycles. The topological polar surface area (TPSA) is 71.9 Å². The molecule has 2 fully saturated rings. The summed E-state index contributed by atoms with van der Waals surface area (Å²) in [5, 5.41) is 0. The quantitative estimate of drug-likeness (QED) is 0.759. The van der Waals surface area contributed by atoms with Gasteiger partial charge in [0, 0.05) is 32.9 Å². The third-order valence-electron chi connectivity index (χ3n) is 6.66. The third-order valence-corrected chi connectivity index (χ3v) is 6.66. The van der Waals surface area contributed by atoms with Gasteiger partial charge in [-0.15, -0.1) is 0 Å². The number of hydrogen-bond acceptors (Lipinski definition) is 4. The van der Waals surface area contributed by atoms with Crippen molar-refractivity contribution in [1.82, 2.24) is 14.4 Å². The highest BCUT2D eigenvalue weighted by Crippen LogP contribution is 2.30. The number of benzene rings is 1. The summed E-state index contributed by atoms with van der Waals surface area (Å²) >= 11 is 0. The molecular formula is C24H29N3O4. The molecule has 1 spiro atoms. The Morgan fingerprint density at radius 1 is 1.10 bits per heavy atom. The summed E-state index contributed by atoms with van der Waals surface area (Å²) in [7, 11) is 1.79. The summed E-state index contributed by atoms with van der Waals surface area (Å²) in [6, 6.07) is 11.5.